The van der Waals surface area contributed by atoms with Gasteiger partial charge >= 0.3 is 5.69 Å². The Morgan fingerprint density at radius 2 is 1.77 bits per heavy atom. The SMILES string of the molecule is COc1cc(C(=O)Nc2ccc(N3CCCC3)c(F)c2)c([N+](=O)[O-])c(OC)c1OC. The number of benzene rings is 2. The summed E-state index contributed by atoms with van der Waals surface area (Å²) in [6, 6.07) is 5.51. The van der Waals surface area contributed by atoms with E-state index in [2.05, 4.69) is 5.32 Å². The van der Waals surface area contributed by atoms with Crippen LogP contribution in [0.4, 0.5) is 21.5 Å². The van der Waals surface area contributed by atoms with E-state index in [1.54, 1.807) is 12.1 Å². The lowest BCUT2D eigenvalue weighted by molar-refractivity contribution is -0.386. The number of amides is 1. The van der Waals surface area contributed by atoms with E-state index in [9.17, 15) is 19.3 Å². The quantitative estimate of drug-likeness (QED) is 0.540. The number of hydrogen-bond donors (Lipinski definition) is 1. The number of anilines is 2. The molecule has 0 bridgehead atoms. The molecule has 0 spiro atoms. The van der Waals surface area contributed by atoms with Gasteiger partial charge in [-0.3, -0.25) is 14.9 Å². The van der Waals surface area contributed by atoms with Gasteiger partial charge in [-0.25, -0.2) is 4.39 Å². The molecule has 30 heavy (non-hydrogen) atoms. The topological polar surface area (TPSA) is 103 Å². The molecule has 1 heterocycles. The van der Waals surface area contributed by atoms with Crippen LogP contribution in [0.15, 0.2) is 24.3 Å². The largest absolute Gasteiger partial charge is 0.493 e. The van der Waals surface area contributed by atoms with E-state index in [4.69, 9.17) is 14.2 Å². The fraction of sp³-hybridized carbons (Fsp3) is 0.350. The number of methoxy groups -OCH3 is 3. The van der Waals surface area contributed by atoms with Crippen molar-refractivity contribution in [3.63, 3.8) is 0 Å². The maximum Gasteiger partial charge on any atom is 0.327 e. The Labute approximate surface area is 172 Å². The van der Waals surface area contributed by atoms with Crippen molar-refractivity contribution in [1.29, 1.82) is 0 Å². The number of hydrogen-bond acceptors (Lipinski definition) is 7. The fourth-order valence-electron chi connectivity index (χ4n) is 3.49. The minimum Gasteiger partial charge on any atom is -0.493 e. The molecular formula is C20H22FN3O6. The molecule has 2 aromatic rings. The Morgan fingerprint density at radius 1 is 1.10 bits per heavy atom. The zero-order valence-corrected chi connectivity index (χ0v) is 16.9. The van der Waals surface area contributed by atoms with Gasteiger partial charge in [0, 0.05) is 24.8 Å². The van der Waals surface area contributed by atoms with Crippen molar-refractivity contribution in [2.24, 2.45) is 0 Å². The average molecular weight is 419 g/mol. The first-order valence-corrected chi connectivity index (χ1v) is 9.24. The van der Waals surface area contributed by atoms with Gasteiger partial charge in [0.1, 0.15) is 11.4 Å². The van der Waals surface area contributed by atoms with Crippen LogP contribution in [-0.4, -0.2) is 45.2 Å². The molecule has 1 aliphatic heterocycles. The van der Waals surface area contributed by atoms with Crippen molar-refractivity contribution in [3.8, 4) is 17.2 Å². The van der Waals surface area contributed by atoms with E-state index in [-0.39, 0.29) is 28.5 Å². The minimum atomic E-state index is -0.811. The summed E-state index contributed by atoms with van der Waals surface area (Å²) in [7, 11) is 3.85. The van der Waals surface area contributed by atoms with Gasteiger partial charge < -0.3 is 24.4 Å². The first-order chi connectivity index (χ1) is 14.4. The first kappa shape index (κ1) is 21.2. The van der Waals surface area contributed by atoms with Gasteiger partial charge in [0.15, 0.2) is 5.75 Å². The molecule has 0 aromatic heterocycles. The number of nitrogens with zero attached hydrogens (tertiary/aromatic N) is 2. The third-order valence-corrected chi connectivity index (χ3v) is 4.88. The maximum atomic E-state index is 14.5. The van der Waals surface area contributed by atoms with Crippen LogP contribution in [0.3, 0.4) is 0 Å². The predicted octanol–water partition coefficient (Wildman–Crippen LogP) is 3.61. The number of ether oxygens (including phenoxy) is 3. The van der Waals surface area contributed by atoms with Crippen LogP contribution in [0, 0.1) is 15.9 Å². The molecule has 10 heteroatoms. The minimum absolute atomic E-state index is 0.00994. The molecule has 1 fully saturated rings. The van der Waals surface area contributed by atoms with Gasteiger partial charge in [-0.15, -0.1) is 0 Å². The summed E-state index contributed by atoms with van der Waals surface area (Å²) in [4.78, 5) is 25.7. The van der Waals surface area contributed by atoms with Crippen LogP contribution in [0.25, 0.3) is 0 Å². The Hall–Kier alpha value is -3.56. The summed E-state index contributed by atoms with van der Waals surface area (Å²) in [6.45, 7) is 1.56. The molecule has 0 unspecified atom stereocenters. The molecule has 0 saturated carbocycles. The Balaban J connectivity index is 1.96. The van der Waals surface area contributed by atoms with Gasteiger partial charge in [-0.1, -0.05) is 0 Å². The van der Waals surface area contributed by atoms with Crippen molar-refractivity contribution in [2.75, 3.05) is 44.6 Å². The molecule has 0 radical (unpaired) electrons. The summed E-state index contributed by atoms with van der Waals surface area (Å²) in [5.74, 6) is -1.46. The number of nitro benzene ring substituents is 1. The monoisotopic (exact) mass is 419 g/mol. The lowest BCUT2D eigenvalue weighted by atomic mass is 10.1. The van der Waals surface area contributed by atoms with Gasteiger partial charge in [0.05, 0.1) is 31.9 Å². The van der Waals surface area contributed by atoms with E-state index in [1.165, 1.54) is 33.5 Å². The summed E-state index contributed by atoms with van der Waals surface area (Å²) in [6.07, 6.45) is 2.01. The number of nitrogens with one attached hydrogen (secondary N) is 1. The van der Waals surface area contributed by atoms with Crippen LogP contribution in [-0.2, 0) is 0 Å². The molecule has 0 aliphatic carbocycles. The molecular weight excluding hydrogens is 397 g/mol. The third-order valence-electron chi connectivity index (χ3n) is 4.88. The summed E-state index contributed by atoms with van der Waals surface area (Å²) < 4.78 is 30.0. The Morgan fingerprint density at radius 3 is 2.30 bits per heavy atom. The maximum absolute atomic E-state index is 14.5. The highest BCUT2D eigenvalue weighted by Crippen LogP contribution is 2.46. The van der Waals surface area contributed by atoms with Crippen molar-refractivity contribution < 1.29 is 28.3 Å². The molecule has 160 valence electrons. The number of nitro groups is 1. The second-order valence-corrected chi connectivity index (χ2v) is 6.61. The van der Waals surface area contributed by atoms with Gasteiger partial charge in [-0.2, -0.15) is 0 Å². The highest BCUT2D eigenvalue weighted by Gasteiger charge is 2.32. The highest BCUT2D eigenvalue weighted by molar-refractivity contribution is 6.08. The molecule has 1 amide bonds. The number of rotatable bonds is 7. The average Bonchev–Trinajstić information content (AvgIpc) is 3.26. The summed E-state index contributed by atoms with van der Waals surface area (Å²) in [5.41, 5.74) is -0.256. The second-order valence-electron chi connectivity index (χ2n) is 6.61. The van der Waals surface area contributed by atoms with Crippen molar-refractivity contribution >= 4 is 23.0 Å². The summed E-state index contributed by atoms with van der Waals surface area (Å²) in [5, 5.41) is 14.2. The van der Waals surface area contributed by atoms with Crippen LogP contribution >= 0.6 is 0 Å². The van der Waals surface area contributed by atoms with E-state index in [1.807, 2.05) is 4.90 Å². The number of halogens is 1. The van der Waals surface area contributed by atoms with Crippen molar-refractivity contribution in [1.82, 2.24) is 0 Å². The molecule has 1 N–H and O–H groups in total. The van der Waals surface area contributed by atoms with Gasteiger partial charge in [-0.05, 0) is 31.0 Å². The van der Waals surface area contributed by atoms with Crippen molar-refractivity contribution in [2.45, 2.75) is 12.8 Å². The van der Waals surface area contributed by atoms with Gasteiger partial charge in [0.2, 0.25) is 11.5 Å². The van der Waals surface area contributed by atoms with Gasteiger partial charge in [0.25, 0.3) is 5.91 Å². The van der Waals surface area contributed by atoms with Crippen LogP contribution in [0.5, 0.6) is 17.2 Å². The predicted molar refractivity (Wildman–Crippen MR) is 109 cm³/mol. The smallest absolute Gasteiger partial charge is 0.327 e. The molecule has 0 atom stereocenters. The van der Waals surface area contributed by atoms with E-state index >= 15 is 0 Å². The number of carbonyl (C=O) groups excluding carboxylic acids is 1. The zero-order valence-electron chi connectivity index (χ0n) is 16.9. The lowest BCUT2D eigenvalue weighted by Gasteiger charge is -2.19. The first-order valence-electron chi connectivity index (χ1n) is 9.24. The van der Waals surface area contributed by atoms with E-state index in [0.29, 0.717) is 5.69 Å². The normalized spacial score (nSPS) is 13.1. The second kappa shape index (κ2) is 8.85. The molecule has 2 aromatic carbocycles. The van der Waals surface area contributed by atoms with Crippen LogP contribution in [0.2, 0.25) is 0 Å². The fourth-order valence-corrected chi connectivity index (χ4v) is 3.49. The number of carbonyl (C=O) groups is 1. The van der Waals surface area contributed by atoms with Crippen molar-refractivity contribution in [3.05, 3.63) is 45.8 Å². The van der Waals surface area contributed by atoms with E-state index in [0.717, 1.165) is 25.9 Å². The molecule has 9 nitrogen and oxygen atoms in total. The Bertz CT molecular complexity index is 975. The molecule has 1 saturated heterocycles. The lowest BCUT2D eigenvalue weighted by Crippen LogP contribution is -2.19. The standard InChI is InChI=1S/C20H22FN3O6/c1-28-16-11-13(17(24(26)27)19(30-3)18(16)29-2)20(25)22-12-6-7-15(14(21)10-12)23-8-4-5-9-23/h6-7,10-11H,4-5,8-9H2,1-3H3,(H,22,25). The zero-order chi connectivity index (χ0) is 21.8. The summed E-state index contributed by atoms with van der Waals surface area (Å²) >= 11 is 0. The molecule has 1 aliphatic rings. The Kier molecular flexibility index (Phi) is 6.24. The molecule has 3 rings (SSSR count). The van der Waals surface area contributed by atoms with Crippen LogP contribution < -0.4 is 24.4 Å². The van der Waals surface area contributed by atoms with E-state index < -0.39 is 22.3 Å². The third kappa shape index (κ3) is 3.93. The van der Waals surface area contributed by atoms with Crippen LogP contribution in [0.1, 0.15) is 23.2 Å². The highest BCUT2D eigenvalue weighted by atomic mass is 19.1.